The van der Waals surface area contributed by atoms with E-state index in [0.717, 1.165) is 12.2 Å². The number of carbonyl (C=O) groups excluding carboxylic acids is 1. The van der Waals surface area contributed by atoms with Gasteiger partial charge >= 0.3 is 0 Å². The number of amides is 1. The molecule has 0 unspecified atom stereocenters. The second-order valence-corrected chi connectivity index (χ2v) is 7.74. The van der Waals surface area contributed by atoms with Gasteiger partial charge in [-0.1, -0.05) is 6.92 Å². The first-order chi connectivity index (χ1) is 13.4. The van der Waals surface area contributed by atoms with Crippen molar-refractivity contribution in [2.24, 2.45) is 0 Å². The van der Waals surface area contributed by atoms with E-state index < -0.39 is 10.0 Å². The van der Waals surface area contributed by atoms with E-state index in [2.05, 4.69) is 10.0 Å². The van der Waals surface area contributed by atoms with E-state index in [4.69, 9.17) is 9.47 Å². The number of hydrogen-bond acceptors (Lipinski definition) is 5. The van der Waals surface area contributed by atoms with Crippen LogP contribution in [0, 0.1) is 0 Å². The number of nitrogens with one attached hydrogen (secondary N) is 2. The lowest BCUT2D eigenvalue weighted by Gasteiger charge is -2.10. The van der Waals surface area contributed by atoms with Crippen LogP contribution in [0.25, 0.3) is 0 Å². The smallest absolute Gasteiger partial charge is 0.240 e. The van der Waals surface area contributed by atoms with E-state index in [1.807, 2.05) is 13.8 Å². The third-order valence-electron chi connectivity index (χ3n) is 3.72. The van der Waals surface area contributed by atoms with Crippen molar-refractivity contribution in [2.45, 2.75) is 31.6 Å². The first-order valence-corrected chi connectivity index (χ1v) is 10.7. The number of anilines is 1. The Labute approximate surface area is 166 Å². The molecule has 2 N–H and O–H groups in total. The highest BCUT2D eigenvalue weighted by atomic mass is 32.2. The summed E-state index contributed by atoms with van der Waals surface area (Å²) in [6.45, 7) is 4.74. The quantitative estimate of drug-likeness (QED) is 0.559. The summed E-state index contributed by atoms with van der Waals surface area (Å²) < 4.78 is 38.0. The van der Waals surface area contributed by atoms with Crippen LogP contribution in [0.4, 0.5) is 5.69 Å². The number of benzene rings is 2. The van der Waals surface area contributed by atoms with Crippen LogP contribution in [-0.2, 0) is 14.8 Å². The fourth-order valence-electron chi connectivity index (χ4n) is 2.39. The largest absolute Gasteiger partial charge is 0.494 e. The lowest BCUT2D eigenvalue weighted by Crippen LogP contribution is -2.28. The average molecular weight is 407 g/mol. The first-order valence-electron chi connectivity index (χ1n) is 9.20. The lowest BCUT2D eigenvalue weighted by atomic mass is 10.3. The molecule has 2 aromatic rings. The van der Waals surface area contributed by atoms with Crippen LogP contribution in [0.5, 0.6) is 11.5 Å². The van der Waals surface area contributed by atoms with E-state index in [1.54, 1.807) is 36.4 Å². The second-order valence-electron chi connectivity index (χ2n) is 5.97. The maximum Gasteiger partial charge on any atom is 0.240 e. The zero-order valence-electron chi connectivity index (χ0n) is 16.1. The predicted molar refractivity (Wildman–Crippen MR) is 108 cm³/mol. The summed E-state index contributed by atoms with van der Waals surface area (Å²) in [4.78, 5) is 11.7. The highest BCUT2D eigenvalue weighted by molar-refractivity contribution is 7.89. The van der Waals surface area contributed by atoms with Crippen molar-refractivity contribution in [3.63, 3.8) is 0 Å². The van der Waals surface area contributed by atoms with Crippen LogP contribution in [0.2, 0.25) is 0 Å². The first kappa shape index (κ1) is 21.7. The van der Waals surface area contributed by atoms with Gasteiger partial charge in [0, 0.05) is 18.7 Å². The van der Waals surface area contributed by atoms with E-state index in [-0.39, 0.29) is 24.0 Å². The second kappa shape index (κ2) is 10.7. The summed E-state index contributed by atoms with van der Waals surface area (Å²) >= 11 is 0. The molecule has 2 rings (SSSR count). The highest BCUT2D eigenvalue weighted by Crippen LogP contribution is 2.17. The van der Waals surface area contributed by atoms with Crippen LogP contribution >= 0.6 is 0 Å². The van der Waals surface area contributed by atoms with Crippen molar-refractivity contribution < 1.29 is 22.7 Å². The van der Waals surface area contributed by atoms with Gasteiger partial charge in [0.2, 0.25) is 15.9 Å². The summed E-state index contributed by atoms with van der Waals surface area (Å²) in [5, 5.41) is 2.72. The van der Waals surface area contributed by atoms with Gasteiger partial charge in [0.1, 0.15) is 18.1 Å². The Balaban J connectivity index is 1.81. The van der Waals surface area contributed by atoms with Crippen LogP contribution in [0.15, 0.2) is 53.4 Å². The molecule has 0 atom stereocenters. The zero-order chi connectivity index (χ0) is 20.4. The molecule has 152 valence electrons. The third kappa shape index (κ3) is 6.86. The fraction of sp³-hybridized carbons (Fsp3) is 0.350. The van der Waals surface area contributed by atoms with Crippen LogP contribution < -0.4 is 19.5 Å². The molecule has 0 saturated carbocycles. The van der Waals surface area contributed by atoms with Gasteiger partial charge in [0.15, 0.2) is 0 Å². The molecule has 0 radical (unpaired) electrons. The van der Waals surface area contributed by atoms with Crippen molar-refractivity contribution in [3.05, 3.63) is 48.5 Å². The minimum Gasteiger partial charge on any atom is -0.494 e. The number of hydrogen-bond donors (Lipinski definition) is 2. The topological polar surface area (TPSA) is 93.7 Å². The maximum absolute atomic E-state index is 12.3. The van der Waals surface area contributed by atoms with Crippen LogP contribution in [0.3, 0.4) is 0 Å². The molecule has 7 nitrogen and oxygen atoms in total. The maximum atomic E-state index is 12.3. The Morgan fingerprint density at radius 3 is 2.11 bits per heavy atom. The summed E-state index contributed by atoms with van der Waals surface area (Å²) in [5.74, 6) is 1.29. The SMILES string of the molecule is CCCC(=O)Nc1ccc(S(=O)(=O)NCCOc2ccc(OCC)cc2)cc1. The Morgan fingerprint density at radius 1 is 0.929 bits per heavy atom. The van der Waals surface area contributed by atoms with Crippen LogP contribution in [0.1, 0.15) is 26.7 Å². The van der Waals surface area contributed by atoms with Crippen LogP contribution in [-0.4, -0.2) is 34.1 Å². The molecule has 28 heavy (non-hydrogen) atoms. The molecule has 8 heteroatoms. The van der Waals surface area contributed by atoms with Gasteiger partial charge in [-0.2, -0.15) is 0 Å². The van der Waals surface area contributed by atoms with Crippen molar-refractivity contribution in [1.29, 1.82) is 0 Å². The Bertz CT molecular complexity index is 849. The Morgan fingerprint density at radius 2 is 1.54 bits per heavy atom. The van der Waals surface area contributed by atoms with Crippen molar-refractivity contribution in [1.82, 2.24) is 4.72 Å². The molecule has 0 bridgehead atoms. The molecular weight excluding hydrogens is 380 g/mol. The van der Waals surface area contributed by atoms with E-state index in [0.29, 0.717) is 24.5 Å². The number of carbonyl (C=O) groups is 1. The number of rotatable bonds is 11. The van der Waals surface area contributed by atoms with Crippen molar-refractivity contribution >= 4 is 21.6 Å². The van der Waals surface area contributed by atoms with Crippen molar-refractivity contribution in [3.8, 4) is 11.5 Å². The van der Waals surface area contributed by atoms with Gasteiger partial charge in [-0.3, -0.25) is 4.79 Å². The molecule has 0 heterocycles. The predicted octanol–water partition coefficient (Wildman–Crippen LogP) is 3.18. The highest BCUT2D eigenvalue weighted by Gasteiger charge is 2.13. The van der Waals surface area contributed by atoms with Gasteiger partial charge < -0.3 is 14.8 Å². The molecule has 0 aliphatic rings. The van der Waals surface area contributed by atoms with E-state index in [9.17, 15) is 13.2 Å². The third-order valence-corrected chi connectivity index (χ3v) is 5.20. The molecule has 2 aromatic carbocycles. The fourth-order valence-corrected chi connectivity index (χ4v) is 3.41. The average Bonchev–Trinajstić information content (AvgIpc) is 2.67. The summed E-state index contributed by atoms with van der Waals surface area (Å²) in [6, 6.07) is 13.2. The van der Waals surface area contributed by atoms with Gasteiger partial charge in [-0.25, -0.2) is 13.1 Å². The zero-order valence-corrected chi connectivity index (χ0v) is 16.9. The molecule has 0 aromatic heterocycles. The normalized spacial score (nSPS) is 11.1. The molecule has 0 aliphatic heterocycles. The van der Waals surface area contributed by atoms with Crippen molar-refractivity contribution in [2.75, 3.05) is 25.1 Å². The lowest BCUT2D eigenvalue weighted by molar-refractivity contribution is -0.116. The minimum absolute atomic E-state index is 0.0947. The van der Waals surface area contributed by atoms with Gasteiger partial charge in [0.05, 0.1) is 11.5 Å². The summed E-state index contributed by atoms with van der Waals surface area (Å²) in [5.41, 5.74) is 0.566. The summed E-state index contributed by atoms with van der Waals surface area (Å²) in [7, 11) is -3.65. The molecule has 0 spiro atoms. The standard InChI is InChI=1S/C20H26N2O5S/c1-3-5-20(23)22-16-6-12-19(13-7-16)28(24,25)21-14-15-27-18-10-8-17(9-11-18)26-4-2/h6-13,21H,3-5,14-15H2,1-2H3,(H,22,23). The van der Waals surface area contributed by atoms with E-state index in [1.165, 1.54) is 12.1 Å². The summed E-state index contributed by atoms with van der Waals surface area (Å²) in [6.07, 6.45) is 1.18. The molecule has 0 saturated heterocycles. The molecule has 0 aliphatic carbocycles. The molecule has 1 amide bonds. The molecule has 0 fully saturated rings. The Hall–Kier alpha value is -2.58. The number of sulfonamides is 1. The van der Waals surface area contributed by atoms with Gasteiger partial charge in [-0.05, 0) is 61.9 Å². The number of ether oxygens (including phenoxy) is 2. The van der Waals surface area contributed by atoms with Gasteiger partial charge in [0.25, 0.3) is 0 Å². The molecular formula is C20H26N2O5S. The monoisotopic (exact) mass is 406 g/mol. The Kier molecular flexibility index (Phi) is 8.28. The van der Waals surface area contributed by atoms with E-state index >= 15 is 0 Å². The van der Waals surface area contributed by atoms with Gasteiger partial charge in [-0.15, -0.1) is 0 Å². The minimum atomic E-state index is -3.65.